The molecule has 2 amide bonds. The first-order valence-electron chi connectivity index (χ1n) is 10.5. The molecule has 2 N–H and O–H groups in total. The summed E-state index contributed by atoms with van der Waals surface area (Å²) in [5, 5.41) is 5.19. The average molecular weight is 527 g/mol. The third-order valence-electron chi connectivity index (χ3n) is 3.99. The van der Waals surface area contributed by atoms with Crippen molar-refractivity contribution in [3.8, 4) is 11.5 Å². The molecule has 0 atom stereocenters. The van der Waals surface area contributed by atoms with Gasteiger partial charge in [0.2, 0.25) is 0 Å². The summed E-state index contributed by atoms with van der Waals surface area (Å²) in [7, 11) is -5.95. The minimum absolute atomic E-state index is 0.171. The van der Waals surface area contributed by atoms with Crippen molar-refractivity contribution < 1.29 is 49.6 Å². The van der Waals surface area contributed by atoms with Crippen molar-refractivity contribution in [1.82, 2.24) is 10.6 Å². The average Bonchev–Trinajstić information content (AvgIpc) is 2.68. The van der Waals surface area contributed by atoms with Crippen LogP contribution in [-0.2, 0) is 19.6 Å². The molecule has 0 radical (unpaired) electrons. The zero-order chi connectivity index (χ0) is 26.9. The van der Waals surface area contributed by atoms with Gasteiger partial charge in [0, 0.05) is 24.7 Å². The molecule has 0 spiro atoms. The number of hydrogen-bond donors (Lipinski definition) is 2. The highest BCUT2D eigenvalue weighted by Crippen LogP contribution is 2.30. The number of alkyl halides is 3. The number of Topliss-reactive ketones (excluding diaryl/α,β-unsaturated/α-hetero) is 1. The van der Waals surface area contributed by atoms with Crippen molar-refractivity contribution in [1.29, 1.82) is 0 Å². The molecule has 0 aromatic heterocycles. The van der Waals surface area contributed by atoms with Gasteiger partial charge in [0.15, 0.2) is 12.4 Å². The molecule has 0 heterocycles. The predicted molar refractivity (Wildman–Crippen MR) is 119 cm³/mol. The number of nitrogens with one attached hydrogen (secondary N) is 2. The van der Waals surface area contributed by atoms with Crippen LogP contribution in [0.15, 0.2) is 18.2 Å². The number of benzene rings is 1. The monoisotopic (exact) mass is 526 g/mol. The van der Waals surface area contributed by atoms with Crippen molar-refractivity contribution in [2.24, 2.45) is 0 Å². The number of ether oxygens (including phenoxy) is 2. The van der Waals surface area contributed by atoms with Gasteiger partial charge in [-0.1, -0.05) is 0 Å². The van der Waals surface area contributed by atoms with Crippen LogP contribution in [0.5, 0.6) is 11.5 Å². The number of carbonyl (C=O) groups is 3. The van der Waals surface area contributed by atoms with E-state index in [4.69, 9.17) is 9.47 Å². The van der Waals surface area contributed by atoms with E-state index in [1.54, 1.807) is 20.8 Å². The summed E-state index contributed by atoms with van der Waals surface area (Å²) in [6, 6.07) is 2.78. The molecule has 1 aromatic rings. The van der Waals surface area contributed by atoms with Crippen LogP contribution in [0.2, 0.25) is 0 Å². The van der Waals surface area contributed by atoms with Crippen LogP contribution in [0.1, 0.15) is 57.3 Å². The van der Waals surface area contributed by atoms with Crippen molar-refractivity contribution in [2.45, 2.75) is 58.1 Å². The maximum absolute atomic E-state index is 12.6. The molecule has 1 aromatic carbocycles. The lowest BCUT2D eigenvalue weighted by Gasteiger charge is -2.19. The number of halogens is 3. The highest BCUT2D eigenvalue weighted by Gasteiger charge is 2.48. The van der Waals surface area contributed by atoms with Crippen molar-refractivity contribution in [2.75, 3.05) is 19.7 Å². The minimum Gasteiger partial charge on any atom is -0.484 e. The zero-order valence-electron chi connectivity index (χ0n) is 19.8. The van der Waals surface area contributed by atoms with E-state index in [0.717, 1.165) is 25.1 Å². The summed E-state index contributed by atoms with van der Waals surface area (Å²) in [6.07, 6.45) is 1.45. The summed E-state index contributed by atoms with van der Waals surface area (Å²) in [4.78, 5) is 35.1. The smallest absolute Gasteiger partial charge is 0.484 e. The Hall–Kier alpha value is -3.03. The number of carbonyl (C=O) groups excluding carboxylic acids is 3. The topological polar surface area (TPSA) is 137 Å². The number of unbranched alkanes of at least 4 members (excludes halogenated alkanes) is 2. The first kappa shape index (κ1) is 30.0. The Morgan fingerprint density at radius 1 is 0.914 bits per heavy atom. The highest BCUT2D eigenvalue weighted by molar-refractivity contribution is 7.88. The van der Waals surface area contributed by atoms with E-state index < -0.39 is 51.4 Å². The molecule has 35 heavy (non-hydrogen) atoms. The Balaban J connectivity index is 2.48. The summed E-state index contributed by atoms with van der Waals surface area (Å²) < 4.78 is 74.4. The van der Waals surface area contributed by atoms with Gasteiger partial charge in [0.25, 0.3) is 5.91 Å². The van der Waals surface area contributed by atoms with Crippen molar-refractivity contribution in [3.05, 3.63) is 23.8 Å². The minimum atomic E-state index is -5.95. The Morgan fingerprint density at radius 3 is 2.03 bits per heavy atom. The number of alkyl carbamates (subject to hydrolysis) is 1. The van der Waals surface area contributed by atoms with Gasteiger partial charge >= 0.3 is 21.7 Å². The first-order chi connectivity index (χ1) is 16.0. The van der Waals surface area contributed by atoms with Crippen molar-refractivity contribution in [3.63, 3.8) is 0 Å². The van der Waals surface area contributed by atoms with Gasteiger partial charge in [0.1, 0.15) is 17.1 Å². The van der Waals surface area contributed by atoms with Gasteiger partial charge < -0.3 is 24.3 Å². The molecule has 0 aliphatic heterocycles. The van der Waals surface area contributed by atoms with Crippen LogP contribution < -0.4 is 19.6 Å². The number of hydrogen-bond acceptors (Lipinski definition) is 8. The standard InChI is InChI=1S/C21H29F3N2O8S/c1-14(27)15-10-16(12-17(11-15)34-35(30,31)21(22,23)24)32-13-18(28)25-8-6-5-7-9-26-19(29)33-20(2,3)4/h10-12H,5-9,13H2,1-4H3,(H,25,28)(H,26,29). The third kappa shape index (κ3) is 11.8. The van der Waals surface area contributed by atoms with Crippen LogP contribution in [0.25, 0.3) is 0 Å². The fourth-order valence-electron chi connectivity index (χ4n) is 2.44. The van der Waals surface area contributed by atoms with Gasteiger partial charge in [-0.15, -0.1) is 0 Å². The van der Waals surface area contributed by atoms with Crippen LogP contribution in [-0.4, -0.2) is 57.0 Å². The molecule has 198 valence electrons. The molecule has 0 saturated carbocycles. The van der Waals surface area contributed by atoms with Crippen LogP contribution >= 0.6 is 0 Å². The molecular weight excluding hydrogens is 497 g/mol. The second kappa shape index (κ2) is 12.6. The molecule has 0 unspecified atom stereocenters. The van der Waals surface area contributed by atoms with E-state index in [0.29, 0.717) is 32.4 Å². The lowest BCUT2D eigenvalue weighted by molar-refractivity contribution is -0.123. The predicted octanol–water partition coefficient (Wildman–Crippen LogP) is 3.31. The molecule has 14 heteroatoms. The van der Waals surface area contributed by atoms with Crippen LogP contribution in [0, 0.1) is 0 Å². The zero-order valence-corrected chi connectivity index (χ0v) is 20.6. The van der Waals surface area contributed by atoms with E-state index in [-0.39, 0.29) is 11.3 Å². The molecular formula is C21H29F3N2O8S. The third-order valence-corrected chi connectivity index (χ3v) is 4.97. The number of ketones is 1. The van der Waals surface area contributed by atoms with Gasteiger partial charge in [-0.25, -0.2) is 4.79 Å². The second-order valence-electron chi connectivity index (χ2n) is 8.36. The molecule has 0 aliphatic carbocycles. The Kier molecular flexibility index (Phi) is 10.8. The van der Waals surface area contributed by atoms with Gasteiger partial charge in [0.05, 0.1) is 0 Å². The summed E-state index contributed by atoms with van der Waals surface area (Å²) in [5.41, 5.74) is -6.42. The Morgan fingerprint density at radius 2 is 1.49 bits per heavy atom. The summed E-state index contributed by atoms with van der Waals surface area (Å²) >= 11 is 0. The van der Waals surface area contributed by atoms with Crippen LogP contribution in [0.3, 0.4) is 0 Å². The normalized spacial score (nSPS) is 12.0. The summed E-state index contributed by atoms with van der Waals surface area (Å²) in [6.45, 7) is 6.55. The lowest BCUT2D eigenvalue weighted by Crippen LogP contribution is -2.33. The molecule has 1 rings (SSSR count). The van der Waals surface area contributed by atoms with E-state index in [2.05, 4.69) is 14.8 Å². The van der Waals surface area contributed by atoms with Gasteiger partial charge in [-0.2, -0.15) is 21.6 Å². The molecule has 10 nitrogen and oxygen atoms in total. The molecule has 0 bridgehead atoms. The van der Waals surface area contributed by atoms with Crippen molar-refractivity contribution >= 4 is 27.9 Å². The fraction of sp³-hybridized carbons (Fsp3) is 0.571. The van der Waals surface area contributed by atoms with Gasteiger partial charge in [-0.3, -0.25) is 9.59 Å². The Bertz CT molecular complexity index is 1000. The quantitative estimate of drug-likeness (QED) is 0.183. The second-order valence-corrected chi connectivity index (χ2v) is 9.90. The maximum atomic E-state index is 12.6. The van der Waals surface area contributed by atoms with E-state index in [1.807, 2.05) is 0 Å². The Labute approximate surface area is 201 Å². The fourth-order valence-corrected chi connectivity index (χ4v) is 2.88. The molecule has 0 fully saturated rings. The van der Waals surface area contributed by atoms with E-state index >= 15 is 0 Å². The number of rotatable bonds is 12. The number of amides is 2. The van der Waals surface area contributed by atoms with E-state index in [1.165, 1.54) is 0 Å². The molecule has 0 aliphatic rings. The first-order valence-corrected chi connectivity index (χ1v) is 11.9. The van der Waals surface area contributed by atoms with E-state index in [9.17, 15) is 36.0 Å². The highest BCUT2D eigenvalue weighted by atomic mass is 32.2. The lowest BCUT2D eigenvalue weighted by atomic mass is 10.1. The molecule has 0 saturated heterocycles. The summed E-state index contributed by atoms with van der Waals surface area (Å²) in [5.74, 6) is -2.15. The maximum Gasteiger partial charge on any atom is 0.534 e. The van der Waals surface area contributed by atoms with Crippen LogP contribution in [0.4, 0.5) is 18.0 Å². The van der Waals surface area contributed by atoms with Gasteiger partial charge in [-0.05, 0) is 59.1 Å². The largest absolute Gasteiger partial charge is 0.534 e. The SMILES string of the molecule is CC(=O)c1cc(OCC(=O)NCCCCCNC(=O)OC(C)(C)C)cc(OS(=O)(=O)C(F)(F)F)c1.